The highest BCUT2D eigenvalue weighted by Gasteiger charge is 2.32. The van der Waals surface area contributed by atoms with E-state index < -0.39 is 47.3 Å². The van der Waals surface area contributed by atoms with Crippen LogP contribution >= 0.6 is 0 Å². The Bertz CT molecular complexity index is 408. The number of hydrogen-bond acceptors (Lipinski definition) is 8. The molecule has 0 bridgehead atoms. The van der Waals surface area contributed by atoms with E-state index in [1.165, 1.54) is 0 Å². The topological polar surface area (TPSA) is 170 Å². The summed E-state index contributed by atoms with van der Waals surface area (Å²) in [7, 11) is -4.82. The summed E-state index contributed by atoms with van der Waals surface area (Å²) in [5.41, 5.74) is 0. The van der Waals surface area contributed by atoms with Gasteiger partial charge < -0.3 is 25.4 Å². The zero-order valence-corrected chi connectivity index (χ0v) is 10.6. The molecule has 1 amide bonds. The smallest absolute Gasteiger partial charge is 0.388 e. The monoisotopic (exact) mass is 301 g/mol. The molecule has 0 spiro atoms. The molecule has 0 saturated heterocycles. The number of hydrogen-bond donors (Lipinski definition) is 5. The lowest BCUT2D eigenvalue weighted by molar-refractivity contribution is -0.129. The summed E-state index contributed by atoms with van der Waals surface area (Å²) in [5, 5.41) is 30.2. The number of aliphatic hydroxyl groups is 3. The van der Waals surface area contributed by atoms with Gasteiger partial charge >= 0.3 is 10.4 Å². The number of carbonyl (C=O) groups excluding carboxylic acids is 2. The molecular weight excluding hydrogens is 286 g/mol. The Morgan fingerprint density at radius 3 is 2.21 bits per heavy atom. The van der Waals surface area contributed by atoms with Crippen molar-refractivity contribution in [3.63, 3.8) is 0 Å². The van der Waals surface area contributed by atoms with Gasteiger partial charge in [-0.05, 0) is 0 Å². The summed E-state index contributed by atoms with van der Waals surface area (Å²) >= 11 is 0. The average Bonchev–Trinajstić information content (AvgIpc) is 2.29. The third-order valence-corrected chi connectivity index (χ3v) is 2.45. The Kier molecular flexibility index (Phi) is 7.04. The Morgan fingerprint density at radius 1 is 1.32 bits per heavy atom. The van der Waals surface area contributed by atoms with Gasteiger partial charge in [-0.3, -0.25) is 9.35 Å². The SMILES string of the molecule is CC(=O)NC(C=O)C(O)C(O)C(O)COS(=O)(=O)O. The van der Waals surface area contributed by atoms with Gasteiger partial charge in [-0.2, -0.15) is 8.42 Å². The molecule has 0 saturated carbocycles. The lowest BCUT2D eigenvalue weighted by Gasteiger charge is -2.26. The normalized spacial score (nSPS) is 18.2. The molecule has 112 valence electrons. The molecule has 0 aromatic carbocycles. The average molecular weight is 301 g/mol. The minimum atomic E-state index is -4.82. The zero-order valence-electron chi connectivity index (χ0n) is 9.83. The highest BCUT2D eigenvalue weighted by atomic mass is 32.3. The molecule has 11 heteroatoms. The first kappa shape index (κ1) is 17.9. The van der Waals surface area contributed by atoms with Crippen LogP contribution in [0.25, 0.3) is 0 Å². The molecule has 0 aromatic rings. The van der Waals surface area contributed by atoms with E-state index >= 15 is 0 Å². The van der Waals surface area contributed by atoms with E-state index in [1.807, 2.05) is 5.32 Å². The quantitative estimate of drug-likeness (QED) is 0.226. The molecule has 0 heterocycles. The van der Waals surface area contributed by atoms with Crippen molar-refractivity contribution in [1.29, 1.82) is 0 Å². The van der Waals surface area contributed by atoms with Crippen LogP contribution in [-0.4, -0.2) is 71.4 Å². The maximum Gasteiger partial charge on any atom is 0.397 e. The molecule has 0 fully saturated rings. The molecule has 0 aliphatic heterocycles. The fourth-order valence-corrected chi connectivity index (χ4v) is 1.44. The van der Waals surface area contributed by atoms with Crippen molar-refractivity contribution in [1.82, 2.24) is 5.32 Å². The van der Waals surface area contributed by atoms with Crippen LogP contribution in [0.1, 0.15) is 6.92 Å². The Morgan fingerprint density at radius 2 is 1.84 bits per heavy atom. The van der Waals surface area contributed by atoms with Crippen LogP contribution < -0.4 is 5.32 Å². The highest BCUT2D eigenvalue weighted by Crippen LogP contribution is 2.06. The second kappa shape index (κ2) is 7.47. The van der Waals surface area contributed by atoms with Gasteiger partial charge in [-0.15, -0.1) is 0 Å². The molecular formula is C8H15NO9S. The first-order chi connectivity index (χ1) is 8.58. The fourth-order valence-electron chi connectivity index (χ4n) is 1.13. The Labute approximate surface area is 109 Å². The predicted molar refractivity (Wildman–Crippen MR) is 59.2 cm³/mol. The van der Waals surface area contributed by atoms with Crippen molar-refractivity contribution in [2.45, 2.75) is 31.3 Å². The Hall–Kier alpha value is -1.11. The van der Waals surface area contributed by atoms with Gasteiger partial charge in [0, 0.05) is 6.92 Å². The van der Waals surface area contributed by atoms with E-state index in [0.717, 1.165) is 6.92 Å². The first-order valence-corrected chi connectivity index (χ1v) is 6.33. The van der Waals surface area contributed by atoms with Crippen molar-refractivity contribution in [3.05, 3.63) is 0 Å². The van der Waals surface area contributed by atoms with Crippen molar-refractivity contribution >= 4 is 22.6 Å². The molecule has 4 atom stereocenters. The number of aliphatic hydroxyl groups excluding tert-OH is 3. The Balaban J connectivity index is 4.55. The van der Waals surface area contributed by atoms with Crippen LogP contribution in [0.3, 0.4) is 0 Å². The van der Waals surface area contributed by atoms with Crippen LogP contribution in [0.5, 0.6) is 0 Å². The zero-order chi connectivity index (χ0) is 15.2. The predicted octanol–water partition coefficient (Wildman–Crippen LogP) is -3.41. The molecule has 0 aromatic heterocycles. The minimum Gasteiger partial charge on any atom is -0.388 e. The molecule has 4 unspecified atom stereocenters. The second-order valence-corrected chi connectivity index (χ2v) is 4.71. The van der Waals surface area contributed by atoms with Gasteiger partial charge in [-0.1, -0.05) is 0 Å². The number of nitrogens with one attached hydrogen (secondary N) is 1. The highest BCUT2D eigenvalue weighted by molar-refractivity contribution is 7.80. The minimum absolute atomic E-state index is 0.131. The van der Waals surface area contributed by atoms with Gasteiger partial charge in [0.15, 0.2) is 0 Å². The lowest BCUT2D eigenvalue weighted by Crippen LogP contribution is -2.53. The van der Waals surface area contributed by atoms with Crippen molar-refractivity contribution in [3.8, 4) is 0 Å². The third kappa shape index (κ3) is 7.15. The van der Waals surface area contributed by atoms with Crippen molar-refractivity contribution < 1.29 is 42.1 Å². The first-order valence-electron chi connectivity index (χ1n) is 4.97. The van der Waals surface area contributed by atoms with Crippen LogP contribution in [0.2, 0.25) is 0 Å². The van der Waals surface area contributed by atoms with Crippen LogP contribution in [-0.2, 0) is 24.2 Å². The summed E-state index contributed by atoms with van der Waals surface area (Å²) in [6, 6.07) is -1.49. The van der Waals surface area contributed by atoms with Gasteiger partial charge in [0.25, 0.3) is 0 Å². The van der Waals surface area contributed by atoms with Crippen LogP contribution in [0.15, 0.2) is 0 Å². The van der Waals surface area contributed by atoms with E-state index in [2.05, 4.69) is 4.18 Å². The molecule has 5 N–H and O–H groups in total. The largest absolute Gasteiger partial charge is 0.397 e. The molecule has 0 radical (unpaired) electrons. The van der Waals surface area contributed by atoms with E-state index in [4.69, 9.17) is 4.55 Å². The van der Waals surface area contributed by atoms with Gasteiger partial charge in [-0.25, -0.2) is 4.18 Å². The van der Waals surface area contributed by atoms with Gasteiger partial charge in [0.05, 0.1) is 6.61 Å². The molecule has 0 aliphatic carbocycles. The third-order valence-electron chi connectivity index (χ3n) is 2.02. The van der Waals surface area contributed by atoms with Crippen molar-refractivity contribution in [2.24, 2.45) is 0 Å². The standard InChI is InChI=1S/C8H15NO9S/c1-4(11)9-5(2-10)7(13)8(14)6(12)3-18-19(15,16)17/h2,5-8,12-14H,3H2,1H3,(H,9,11)(H,15,16,17). The van der Waals surface area contributed by atoms with Crippen molar-refractivity contribution in [2.75, 3.05) is 6.61 Å². The second-order valence-electron chi connectivity index (χ2n) is 3.62. The number of rotatable bonds is 8. The molecule has 10 nitrogen and oxygen atoms in total. The fraction of sp³-hybridized carbons (Fsp3) is 0.750. The summed E-state index contributed by atoms with van der Waals surface area (Å²) < 4.78 is 32.5. The van der Waals surface area contributed by atoms with Crippen LogP contribution in [0.4, 0.5) is 0 Å². The van der Waals surface area contributed by atoms with E-state index in [9.17, 15) is 33.3 Å². The summed E-state index contributed by atoms with van der Waals surface area (Å²) in [6.07, 6.45) is -5.65. The van der Waals surface area contributed by atoms with Gasteiger partial charge in [0.1, 0.15) is 30.6 Å². The molecule has 19 heavy (non-hydrogen) atoms. The van der Waals surface area contributed by atoms with E-state index in [0.29, 0.717) is 0 Å². The van der Waals surface area contributed by atoms with Crippen LogP contribution in [0, 0.1) is 0 Å². The van der Waals surface area contributed by atoms with E-state index in [-0.39, 0.29) is 6.29 Å². The summed E-state index contributed by atoms with van der Waals surface area (Å²) in [4.78, 5) is 21.3. The maximum absolute atomic E-state index is 10.7. The molecule has 0 aliphatic rings. The van der Waals surface area contributed by atoms with E-state index in [1.54, 1.807) is 0 Å². The number of carbonyl (C=O) groups is 2. The number of aldehydes is 1. The van der Waals surface area contributed by atoms with Gasteiger partial charge in [0.2, 0.25) is 5.91 Å². The lowest BCUT2D eigenvalue weighted by atomic mass is 10.0. The molecule has 0 rings (SSSR count). The summed E-state index contributed by atoms with van der Waals surface area (Å²) in [5.74, 6) is -0.660. The maximum atomic E-state index is 10.7. The summed E-state index contributed by atoms with van der Waals surface area (Å²) in [6.45, 7) is 0.0240. The number of amides is 1.